The molecule has 52 heavy (non-hydrogen) atoms. The van der Waals surface area contributed by atoms with Crippen molar-refractivity contribution in [1.82, 2.24) is 25.2 Å². The number of aromatic nitrogens is 3. The van der Waals surface area contributed by atoms with Gasteiger partial charge in [0.1, 0.15) is 23.2 Å². The molecule has 0 radical (unpaired) electrons. The number of nitrogens with zero attached hydrogens (tertiary/aromatic N) is 5. The summed E-state index contributed by atoms with van der Waals surface area (Å²) in [5, 5.41) is 2.55. The van der Waals surface area contributed by atoms with E-state index in [0.29, 0.717) is 55.4 Å². The van der Waals surface area contributed by atoms with Crippen LogP contribution in [0, 0.1) is 11.7 Å². The first-order valence-electron chi connectivity index (χ1n) is 17.6. The number of alkyl halides is 4. The van der Waals surface area contributed by atoms with Crippen LogP contribution in [0.3, 0.4) is 0 Å². The average molecular weight is 770 g/mol. The minimum Gasteiger partial charge on any atom is -0.467 e. The Bertz CT molecular complexity index is 1490. The molecule has 4 rings (SSSR count). The smallest absolute Gasteiger partial charge is 0.412 e. The summed E-state index contributed by atoms with van der Waals surface area (Å²) in [6, 6.07) is 0.479. The second-order valence-electron chi connectivity index (χ2n) is 12.5. The number of ether oxygens (including phenoxy) is 1. The molecule has 2 saturated heterocycles. The lowest BCUT2D eigenvalue weighted by Crippen LogP contribution is -2.28. The minimum absolute atomic E-state index is 0.132. The molecule has 0 amide bonds. The highest BCUT2D eigenvalue weighted by Crippen LogP contribution is 2.34. The third kappa shape index (κ3) is 14.3. The Morgan fingerprint density at radius 1 is 1.17 bits per heavy atom. The first-order valence-corrected chi connectivity index (χ1v) is 18.0. The summed E-state index contributed by atoms with van der Waals surface area (Å²) in [7, 11) is 4.82. The fraction of sp³-hybridized carbons (Fsp3) is 0.639. The predicted molar refractivity (Wildman–Crippen MR) is 197 cm³/mol. The van der Waals surface area contributed by atoms with Crippen LogP contribution in [-0.4, -0.2) is 85.6 Å². The van der Waals surface area contributed by atoms with Gasteiger partial charge in [0, 0.05) is 32.7 Å². The molecule has 2 atom stereocenters. The van der Waals surface area contributed by atoms with E-state index in [9.17, 15) is 26.3 Å². The highest BCUT2D eigenvalue weighted by Gasteiger charge is 2.34. The molecule has 2 aliphatic heterocycles. The van der Waals surface area contributed by atoms with E-state index in [1.165, 1.54) is 26.4 Å². The van der Waals surface area contributed by atoms with Crippen molar-refractivity contribution in [3.63, 3.8) is 0 Å². The zero-order valence-electron chi connectivity index (χ0n) is 31.7. The number of nitrogens with two attached hydrogens (primary N) is 1. The van der Waals surface area contributed by atoms with Gasteiger partial charge in [-0.2, -0.15) is 23.1 Å². The molecule has 8 nitrogen and oxygen atoms in total. The van der Waals surface area contributed by atoms with Crippen LogP contribution in [-0.2, 0) is 6.42 Å². The van der Waals surface area contributed by atoms with Gasteiger partial charge in [0.2, 0.25) is 0 Å². The van der Waals surface area contributed by atoms with Crippen LogP contribution in [0.25, 0.3) is 17.0 Å². The Labute approximate surface area is 308 Å². The third-order valence-corrected chi connectivity index (χ3v) is 8.42. The maximum atomic E-state index is 15.6. The number of rotatable bonds is 11. The highest BCUT2D eigenvalue weighted by atomic mass is 35.5. The van der Waals surface area contributed by atoms with Gasteiger partial charge in [0.15, 0.2) is 17.5 Å². The second kappa shape index (κ2) is 22.8. The number of nitrogens with one attached hydrogen (secondary N) is 1. The van der Waals surface area contributed by atoms with Crippen molar-refractivity contribution < 1.29 is 35.5 Å². The number of pyridine rings is 1. The highest BCUT2D eigenvalue weighted by molar-refractivity contribution is 6.34. The van der Waals surface area contributed by atoms with Crippen molar-refractivity contribution in [2.24, 2.45) is 11.7 Å². The maximum Gasteiger partial charge on any atom is 0.412 e. The van der Waals surface area contributed by atoms with E-state index in [0.717, 1.165) is 25.0 Å². The van der Waals surface area contributed by atoms with Crippen LogP contribution in [0.15, 0.2) is 28.5 Å². The fourth-order valence-electron chi connectivity index (χ4n) is 5.16. The van der Waals surface area contributed by atoms with Crippen molar-refractivity contribution in [3.05, 3.63) is 45.7 Å². The summed E-state index contributed by atoms with van der Waals surface area (Å²) in [5.74, 6) is -4.09. The van der Waals surface area contributed by atoms with Gasteiger partial charge in [-0.25, -0.2) is 22.5 Å². The van der Waals surface area contributed by atoms with Crippen molar-refractivity contribution in [3.8, 4) is 6.01 Å². The quantitative estimate of drug-likeness (QED) is 0.173. The van der Waals surface area contributed by atoms with Crippen LogP contribution in [0.5, 0.6) is 6.01 Å². The number of halogens is 8. The first-order chi connectivity index (χ1) is 24.5. The molecule has 3 N–H and O–H groups in total. The molecule has 4 heterocycles. The number of aryl methyl sites for hydroxylation is 1. The Morgan fingerprint density at radius 3 is 2.33 bits per heavy atom. The lowest BCUT2D eigenvalue weighted by atomic mass is 10.1. The zero-order valence-corrected chi connectivity index (χ0v) is 32.5. The van der Waals surface area contributed by atoms with Gasteiger partial charge in [-0.1, -0.05) is 66.0 Å². The number of hydrogen-bond donors (Lipinski definition) is 2. The van der Waals surface area contributed by atoms with Crippen molar-refractivity contribution in [1.29, 1.82) is 0 Å². The first kappa shape index (κ1) is 46.9. The number of fused-ring (bicyclic) bond motifs is 2. The van der Waals surface area contributed by atoms with E-state index < -0.39 is 52.3 Å². The molecule has 0 bridgehead atoms. The molecule has 2 aliphatic rings. The largest absolute Gasteiger partial charge is 0.467 e. The zero-order chi connectivity index (χ0) is 39.8. The molecule has 16 heteroatoms. The molecule has 2 aromatic heterocycles. The van der Waals surface area contributed by atoms with Gasteiger partial charge in [0.25, 0.3) is 0 Å². The van der Waals surface area contributed by atoms with Crippen molar-refractivity contribution in [2.75, 3.05) is 52.3 Å². The van der Waals surface area contributed by atoms with Crippen LogP contribution >= 0.6 is 11.6 Å². The lowest BCUT2D eigenvalue weighted by Gasteiger charge is -2.22. The molecular formula is C36H55ClF7N7O. The minimum atomic E-state index is -5.13. The van der Waals surface area contributed by atoms with Crippen LogP contribution in [0.2, 0.25) is 0 Å². The number of methoxy groups -OCH3 is 1. The van der Waals surface area contributed by atoms with E-state index in [1.807, 2.05) is 20.8 Å². The Morgan fingerprint density at radius 2 is 1.81 bits per heavy atom. The third-order valence-electron chi connectivity index (χ3n) is 8.11. The normalized spacial score (nSPS) is 18.1. The van der Waals surface area contributed by atoms with E-state index in [2.05, 4.69) is 45.9 Å². The second-order valence-corrected chi connectivity index (χ2v) is 12.9. The summed E-state index contributed by atoms with van der Waals surface area (Å²) < 4.78 is 98.0. The lowest BCUT2D eigenvalue weighted by molar-refractivity contribution is -0.0813. The number of likely N-dealkylation sites (N-methyl/N-ethyl adjacent to an activating group) is 2. The average Bonchev–Trinajstić information content (AvgIpc) is 3.69. The van der Waals surface area contributed by atoms with Gasteiger partial charge < -0.3 is 20.7 Å². The SMILES string of the molecule is CC.CCC(C)C.CCCc1nc(/C=C(Cl)/C(N)=C(F)\C(F)=C\C(F)(F)F)c(F)c2nc(OC)nc(N(C)CCNC)c12.FC1CC2CCCN2C1. The summed E-state index contributed by atoms with van der Waals surface area (Å²) >= 11 is 5.91. The van der Waals surface area contributed by atoms with E-state index >= 15 is 4.39 Å². The standard InChI is InChI=1S/C22H25ClF6N6O.C7H12FN.C5H12.C2H6/c1-5-6-13-15-19(33-21(36-4)34-20(15)35(3)8-7-31-2)17(26)14(32-13)9-11(23)18(30)16(25)12(24)10-22(27,28)29;8-6-4-7-2-1-3-9(7)5-6;1-4-5(2)3;1-2/h9-10,31H,5-8,30H2,1-4H3;6-7H,1-5H2;5H,4H2,1-3H3;1-2H3/b11-9-,12-10-,18-16-;;;. The Balaban J connectivity index is 0.000000689. The van der Waals surface area contributed by atoms with E-state index in [1.54, 1.807) is 19.0 Å². The predicted octanol–water partition coefficient (Wildman–Crippen LogP) is 9.19. The molecule has 2 fully saturated rings. The monoisotopic (exact) mass is 769 g/mol. The Kier molecular flexibility index (Phi) is 20.5. The van der Waals surface area contributed by atoms with Crippen LogP contribution < -0.4 is 20.7 Å². The van der Waals surface area contributed by atoms with Gasteiger partial charge in [-0.3, -0.25) is 4.90 Å². The number of anilines is 1. The topological polar surface area (TPSA) is 92.4 Å². The molecule has 0 aromatic carbocycles. The van der Waals surface area contributed by atoms with Gasteiger partial charge in [-0.15, -0.1) is 0 Å². The number of allylic oxidation sites excluding steroid dienone is 4. The van der Waals surface area contributed by atoms with Crippen LogP contribution in [0.4, 0.5) is 36.6 Å². The van der Waals surface area contributed by atoms with Gasteiger partial charge in [-0.05, 0) is 51.3 Å². The van der Waals surface area contributed by atoms with E-state index in [4.69, 9.17) is 22.1 Å². The fourth-order valence-corrected chi connectivity index (χ4v) is 5.34. The molecule has 0 saturated carbocycles. The molecule has 2 aromatic rings. The summed E-state index contributed by atoms with van der Waals surface area (Å²) in [4.78, 5) is 16.8. The summed E-state index contributed by atoms with van der Waals surface area (Å²) in [6.45, 7) is 15.5. The molecule has 2 unspecified atom stereocenters. The molecular weight excluding hydrogens is 715 g/mol. The molecule has 0 spiro atoms. The number of hydrogen-bond acceptors (Lipinski definition) is 8. The van der Waals surface area contributed by atoms with E-state index in [-0.39, 0.29) is 11.5 Å². The summed E-state index contributed by atoms with van der Waals surface area (Å²) in [6.07, 6.45) is -0.183. The van der Waals surface area contributed by atoms with Gasteiger partial charge >= 0.3 is 12.2 Å². The maximum absolute atomic E-state index is 15.6. The van der Waals surface area contributed by atoms with Crippen LogP contribution in [0.1, 0.15) is 85.0 Å². The van der Waals surface area contributed by atoms with Crippen molar-refractivity contribution >= 4 is 34.4 Å². The molecule has 296 valence electrons. The molecule has 0 aliphatic carbocycles. The van der Waals surface area contributed by atoms with Crippen molar-refractivity contribution in [2.45, 2.75) is 98.5 Å². The summed E-state index contributed by atoms with van der Waals surface area (Å²) in [5.41, 5.74) is 4.00. The Hall–Kier alpha value is -3.17. The van der Waals surface area contributed by atoms with Gasteiger partial charge in [0.05, 0.1) is 35.0 Å².